The minimum atomic E-state index is -4.82. The SMILES string of the molecule is CC[C@H]1C[C@@H](N(C)C(=O)C=Cc2cccc(OC(F)(F)F)c2)[C@H]2Oc3c(O)ccc4c3[C@@]23CCN(CCc2ccccc2)[C@H](C4)[C@]13O. The summed E-state index contributed by atoms with van der Waals surface area (Å²) >= 11 is 0. The van der Waals surface area contributed by atoms with E-state index in [1.165, 1.54) is 35.9 Å². The molecule has 2 N–H and O–H groups in total. The lowest BCUT2D eigenvalue weighted by atomic mass is 9.45. The van der Waals surface area contributed by atoms with Gasteiger partial charge in [-0.2, -0.15) is 0 Å². The molecule has 3 aromatic rings. The Hall–Kier alpha value is -4.02. The van der Waals surface area contributed by atoms with Crippen LogP contribution in [0.5, 0.6) is 17.2 Å². The molecule has 248 valence electrons. The summed E-state index contributed by atoms with van der Waals surface area (Å²) in [6.07, 6.45) is 0.695. The molecule has 0 radical (unpaired) electrons. The number of benzene rings is 3. The van der Waals surface area contributed by atoms with Gasteiger partial charge in [0.2, 0.25) is 5.91 Å². The number of ether oxygens (including phenoxy) is 2. The number of nitrogens with zero attached hydrogens (tertiary/aromatic N) is 2. The van der Waals surface area contributed by atoms with E-state index in [9.17, 15) is 28.2 Å². The fourth-order valence-corrected chi connectivity index (χ4v) is 9.13. The molecule has 10 heteroatoms. The number of phenolic OH excluding ortho intramolecular Hbond substituents is 1. The van der Waals surface area contributed by atoms with Gasteiger partial charge in [0.15, 0.2) is 11.5 Å². The second-order valence-electron chi connectivity index (χ2n) is 13.3. The number of aromatic hydroxyl groups is 1. The number of halogens is 3. The molecule has 1 spiro atoms. The number of amides is 1. The summed E-state index contributed by atoms with van der Waals surface area (Å²) in [6.45, 7) is 3.62. The third-order valence-electron chi connectivity index (χ3n) is 11.1. The molecule has 1 amide bonds. The summed E-state index contributed by atoms with van der Waals surface area (Å²) in [5.41, 5.74) is 1.59. The first-order valence-corrected chi connectivity index (χ1v) is 16.3. The molecule has 2 heterocycles. The van der Waals surface area contributed by atoms with Gasteiger partial charge in [-0.05, 0) is 79.1 Å². The van der Waals surface area contributed by atoms with E-state index >= 15 is 0 Å². The Labute approximate surface area is 272 Å². The first kappa shape index (κ1) is 31.6. The van der Waals surface area contributed by atoms with Crippen molar-refractivity contribution < 1.29 is 37.7 Å². The quantitative estimate of drug-likeness (QED) is 0.298. The lowest BCUT2D eigenvalue weighted by molar-refractivity contribution is -0.274. The Morgan fingerprint density at radius 3 is 2.68 bits per heavy atom. The summed E-state index contributed by atoms with van der Waals surface area (Å²) in [4.78, 5) is 17.7. The highest BCUT2D eigenvalue weighted by Crippen LogP contribution is 2.67. The zero-order valence-electron chi connectivity index (χ0n) is 26.4. The lowest BCUT2D eigenvalue weighted by Gasteiger charge is -2.67. The van der Waals surface area contributed by atoms with Gasteiger partial charge in [0.1, 0.15) is 11.9 Å². The van der Waals surface area contributed by atoms with Crippen LogP contribution in [0.1, 0.15) is 48.4 Å². The molecule has 4 aliphatic rings. The molecule has 1 saturated heterocycles. The van der Waals surface area contributed by atoms with Gasteiger partial charge >= 0.3 is 6.36 Å². The smallest absolute Gasteiger partial charge is 0.504 e. The van der Waals surface area contributed by atoms with Crippen LogP contribution < -0.4 is 9.47 Å². The van der Waals surface area contributed by atoms with Crippen molar-refractivity contribution >= 4 is 12.0 Å². The molecule has 2 aliphatic carbocycles. The Morgan fingerprint density at radius 1 is 1.15 bits per heavy atom. The van der Waals surface area contributed by atoms with Crippen LogP contribution >= 0.6 is 0 Å². The zero-order chi connectivity index (χ0) is 33.1. The van der Waals surface area contributed by atoms with E-state index in [1.54, 1.807) is 24.1 Å². The van der Waals surface area contributed by atoms with Gasteiger partial charge in [-0.1, -0.05) is 61.9 Å². The molecule has 7 nitrogen and oxygen atoms in total. The molecule has 0 unspecified atom stereocenters. The van der Waals surface area contributed by atoms with Gasteiger partial charge in [0.05, 0.1) is 17.1 Å². The number of hydrogen-bond donors (Lipinski definition) is 2. The molecule has 6 atom stereocenters. The predicted octanol–water partition coefficient (Wildman–Crippen LogP) is 5.86. The number of aliphatic hydroxyl groups is 1. The van der Waals surface area contributed by atoms with Crippen molar-refractivity contribution in [3.8, 4) is 17.2 Å². The fourth-order valence-electron chi connectivity index (χ4n) is 9.13. The summed E-state index contributed by atoms with van der Waals surface area (Å²) in [7, 11) is 1.71. The van der Waals surface area contributed by atoms with Crippen molar-refractivity contribution in [2.24, 2.45) is 5.92 Å². The first-order valence-electron chi connectivity index (χ1n) is 16.3. The number of likely N-dealkylation sites (tertiary alicyclic amines) is 1. The average Bonchev–Trinajstić information content (AvgIpc) is 3.40. The van der Waals surface area contributed by atoms with E-state index in [4.69, 9.17) is 4.74 Å². The minimum Gasteiger partial charge on any atom is -0.504 e. The van der Waals surface area contributed by atoms with Crippen LogP contribution in [0.15, 0.2) is 72.8 Å². The van der Waals surface area contributed by atoms with Crippen molar-refractivity contribution in [1.82, 2.24) is 9.80 Å². The minimum absolute atomic E-state index is 0.0291. The van der Waals surface area contributed by atoms with E-state index in [-0.39, 0.29) is 29.4 Å². The van der Waals surface area contributed by atoms with Crippen molar-refractivity contribution in [3.05, 3.63) is 95.1 Å². The number of phenols is 1. The number of alkyl halides is 3. The maximum absolute atomic E-state index is 13.7. The summed E-state index contributed by atoms with van der Waals surface area (Å²) in [5.74, 6) is -0.436. The van der Waals surface area contributed by atoms with Crippen molar-refractivity contribution in [1.29, 1.82) is 0 Å². The van der Waals surface area contributed by atoms with Crippen LogP contribution in [-0.2, 0) is 23.1 Å². The van der Waals surface area contributed by atoms with Crippen molar-refractivity contribution in [2.75, 3.05) is 20.1 Å². The first-order chi connectivity index (χ1) is 22.5. The summed E-state index contributed by atoms with van der Waals surface area (Å²) in [6, 6.07) is 18.8. The molecule has 2 aliphatic heterocycles. The van der Waals surface area contributed by atoms with E-state index in [2.05, 4.69) is 28.7 Å². The summed E-state index contributed by atoms with van der Waals surface area (Å²) in [5, 5.41) is 24.2. The van der Waals surface area contributed by atoms with Gasteiger partial charge in [0, 0.05) is 31.3 Å². The van der Waals surface area contributed by atoms with Gasteiger partial charge in [-0.15, -0.1) is 13.2 Å². The molecule has 47 heavy (non-hydrogen) atoms. The number of likely N-dealkylation sites (N-methyl/N-ethyl adjacent to an activating group) is 1. The highest BCUT2D eigenvalue weighted by molar-refractivity contribution is 5.92. The molecule has 0 aromatic heterocycles. The summed E-state index contributed by atoms with van der Waals surface area (Å²) < 4.78 is 48.9. The second-order valence-corrected chi connectivity index (χ2v) is 13.3. The Morgan fingerprint density at radius 2 is 1.94 bits per heavy atom. The van der Waals surface area contributed by atoms with Crippen LogP contribution in [0.25, 0.3) is 6.08 Å². The number of rotatable bonds is 8. The fraction of sp³-hybridized carbons (Fsp3) is 0.432. The van der Waals surface area contributed by atoms with E-state index in [1.807, 2.05) is 24.3 Å². The predicted molar refractivity (Wildman–Crippen MR) is 170 cm³/mol. The molecule has 7 rings (SSSR count). The van der Waals surface area contributed by atoms with Gasteiger partial charge < -0.3 is 24.6 Å². The highest BCUT2D eigenvalue weighted by atomic mass is 19.4. The Kier molecular flexibility index (Phi) is 7.79. The average molecular weight is 649 g/mol. The van der Waals surface area contributed by atoms with Gasteiger partial charge in [-0.25, -0.2) is 0 Å². The number of carbonyl (C=O) groups is 1. The number of piperidine rings is 1. The van der Waals surface area contributed by atoms with Crippen LogP contribution in [0.3, 0.4) is 0 Å². The van der Waals surface area contributed by atoms with E-state index in [0.717, 1.165) is 30.6 Å². The van der Waals surface area contributed by atoms with Crippen molar-refractivity contribution in [2.45, 2.75) is 74.6 Å². The van der Waals surface area contributed by atoms with Crippen LogP contribution in [0, 0.1) is 5.92 Å². The largest absolute Gasteiger partial charge is 0.573 e. The number of hydrogen-bond acceptors (Lipinski definition) is 6. The molecular formula is C37H39F3N2O5. The van der Waals surface area contributed by atoms with E-state index in [0.29, 0.717) is 37.0 Å². The standard InChI is InChI=1S/C37H39F3N2O5/c1-3-26-22-28(41(2)31(44)15-12-24-10-7-11-27(20-24)47-37(38,39)40)34-35-17-19-42(18-16-23-8-5-4-6-9-23)30(36(26,35)45)21-25-13-14-29(43)33(46-34)32(25)35/h4-15,20,26,28,30,34,43,45H,3,16-19,21-22H2,1-2H3/t26-,28+,30+,34+,35-,36+/m0/s1. The molecule has 1 saturated carbocycles. The van der Waals surface area contributed by atoms with Gasteiger partial charge in [-0.3, -0.25) is 9.69 Å². The molecule has 3 aromatic carbocycles. The molecular weight excluding hydrogens is 609 g/mol. The third kappa shape index (κ3) is 5.08. The highest BCUT2D eigenvalue weighted by Gasteiger charge is 2.75. The topological polar surface area (TPSA) is 82.5 Å². The molecule has 2 bridgehead atoms. The maximum Gasteiger partial charge on any atom is 0.573 e. The maximum atomic E-state index is 13.7. The van der Waals surface area contributed by atoms with Gasteiger partial charge in [0.25, 0.3) is 0 Å². The normalized spacial score (nSPS) is 29.3. The monoisotopic (exact) mass is 648 g/mol. The Bertz CT molecular complexity index is 1700. The third-order valence-corrected chi connectivity index (χ3v) is 11.1. The second kappa shape index (κ2) is 11.6. The van der Waals surface area contributed by atoms with E-state index < -0.39 is 29.5 Å². The van der Waals surface area contributed by atoms with Crippen molar-refractivity contribution in [3.63, 3.8) is 0 Å². The lowest BCUT2D eigenvalue weighted by Crippen LogP contribution is -2.81. The Balaban J connectivity index is 1.21. The number of carbonyl (C=O) groups excluding carboxylic acids is 1. The van der Waals surface area contributed by atoms with Crippen LogP contribution in [0.4, 0.5) is 13.2 Å². The zero-order valence-corrected chi connectivity index (χ0v) is 26.4. The molecule has 2 fully saturated rings. The van der Waals surface area contributed by atoms with Crippen LogP contribution in [-0.4, -0.2) is 76.2 Å². The van der Waals surface area contributed by atoms with Crippen LogP contribution in [0.2, 0.25) is 0 Å².